The molecule has 0 bridgehead atoms. The van der Waals surface area contributed by atoms with Crippen molar-refractivity contribution in [1.82, 2.24) is 35.6 Å². The Labute approximate surface area is 479 Å². The number of carbonyl (C=O) groups is 6. The third-order valence-corrected chi connectivity index (χ3v) is 16.5. The number of likely N-dealkylation sites (tertiary alicyclic amines) is 2. The minimum Gasteiger partial charge on any atom is -0.344 e. The van der Waals surface area contributed by atoms with Crippen LogP contribution < -0.4 is 16.0 Å². The summed E-state index contributed by atoms with van der Waals surface area (Å²) in [6.45, 7) is 20.4. The zero-order valence-electron chi connectivity index (χ0n) is 50.0. The fourth-order valence-electron chi connectivity index (χ4n) is 11.0. The Morgan fingerprint density at radius 1 is 0.525 bits per heavy atom. The van der Waals surface area contributed by atoms with E-state index in [-0.39, 0.29) is 53.4 Å². The van der Waals surface area contributed by atoms with Gasteiger partial charge in [0, 0.05) is 70.1 Å². The van der Waals surface area contributed by atoms with E-state index in [1.165, 1.54) is 0 Å². The predicted molar refractivity (Wildman–Crippen MR) is 322 cm³/mol. The molecular formula is C67H95N7O6. The standard InChI is InChI=1S/C67H95N7O6/c1-11-48(2)62(77)69-60(66(4,5)6)64(79)73-42-24-30-56(73)46-71(44-50-34-38-54(39-35-50)52-26-18-16-19-27-52)58(75)32-22-14-12-13-15-23-33-59(76)72(45-51-36-40-55(41-37-51)53-28-20-17-21-29-53)47-57-31-25-43-74(57)65(80)61(67(7,8)9)70-63(78)49(3)68-10/h16-21,26-29,34-41,48-49,56-57,60-61,68H,11-15,22-25,30-33,42-47H2,1-10H3,(H,69,77)(H,70,78)/t48-,49+,56+,57+,60-,61-/m1/s1. The summed E-state index contributed by atoms with van der Waals surface area (Å²) in [6.07, 6.45) is 9.84. The molecule has 0 aromatic heterocycles. The molecule has 434 valence electrons. The van der Waals surface area contributed by atoms with E-state index in [0.717, 1.165) is 97.6 Å². The predicted octanol–water partition coefficient (Wildman–Crippen LogP) is 11.2. The molecule has 0 aliphatic carbocycles. The van der Waals surface area contributed by atoms with Crippen LogP contribution in [0.25, 0.3) is 22.3 Å². The molecule has 3 N–H and O–H groups in total. The monoisotopic (exact) mass is 1090 g/mol. The molecule has 0 spiro atoms. The SMILES string of the molecule is CC[C@@H](C)C(=O)N[C@H](C(=O)N1CCC[C@H]1CN(Cc1ccc(-c2ccccc2)cc1)C(=O)CCCCCCCCC(=O)N(Cc1ccc(-c2ccccc2)cc1)C[C@@H]1CCCN1C(=O)[C@@H](NC(=O)[C@H](C)NC)C(C)(C)C)C(C)(C)C. The number of benzene rings is 4. The second-order valence-corrected chi connectivity index (χ2v) is 24.9. The van der Waals surface area contributed by atoms with Gasteiger partial charge in [-0.1, -0.05) is 190 Å². The van der Waals surface area contributed by atoms with E-state index in [0.29, 0.717) is 58.5 Å². The van der Waals surface area contributed by atoms with Crippen LogP contribution in [-0.4, -0.2) is 118 Å². The summed E-state index contributed by atoms with van der Waals surface area (Å²) in [5, 5.41) is 9.11. The van der Waals surface area contributed by atoms with E-state index in [9.17, 15) is 28.8 Å². The molecule has 13 heteroatoms. The number of nitrogens with one attached hydrogen (secondary N) is 3. The molecule has 2 aliphatic rings. The second-order valence-electron chi connectivity index (χ2n) is 24.9. The summed E-state index contributed by atoms with van der Waals surface area (Å²) in [5.41, 5.74) is 5.50. The summed E-state index contributed by atoms with van der Waals surface area (Å²) < 4.78 is 0. The van der Waals surface area contributed by atoms with Crippen molar-refractivity contribution in [2.75, 3.05) is 33.2 Å². The lowest BCUT2D eigenvalue weighted by molar-refractivity contribution is -0.142. The fourth-order valence-corrected chi connectivity index (χ4v) is 11.0. The molecule has 6 rings (SSSR count). The van der Waals surface area contributed by atoms with E-state index in [2.05, 4.69) is 88.7 Å². The van der Waals surface area contributed by atoms with Gasteiger partial charge in [0.15, 0.2) is 0 Å². The zero-order chi connectivity index (χ0) is 58.0. The second kappa shape index (κ2) is 29.9. The van der Waals surface area contributed by atoms with Crippen molar-refractivity contribution < 1.29 is 28.8 Å². The number of carbonyl (C=O) groups excluding carboxylic acids is 6. The third-order valence-electron chi connectivity index (χ3n) is 16.5. The van der Waals surface area contributed by atoms with Crippen molar-refractivity contribution in [1.29, 1.82) is 0 Å². The van der Waals surface area contributed by atoms with Crippen molar-refractivity contribution in [3.63, 3.8) is 0 Å². The van der Waals surface area contributed by atoms with Crippen LogP contribution >= 0.6 is 0 Å². The highest BCUT2D eigenvalue weighted by atomic mass is 16.2. The number of unbranched alkanes of at least 4 members (excludes halogenated alkanes) is 5. The highest BCUT2D eigenvalue weighted by molar-refractivity contribution is 5.91. The van der Waals surface area contributed by atoms with Gasteiger partial charge in [-0.3, -0.25) is 28.8 Å². The molecule has 2 heterocycles. The van der Waals surface area contributed by atoms with Gasteiger partial charge in [0.2, 0.25) is 35.4 Å². The molecule has 6 atom stereocenters. The molecular weight excluding hydrogens is 999 g/mol. The first-order chi connectivity index (χ1) is 38.2. The number of rotatable bonds is 27. The van der Waals surface area contributed by atoms with Gasteiger partial charge in [0.1, 0.15) is 12.1 Å². The number of amides is 6. The number of hydrogen-bond donors (Lipinski definition) is 3. The maximum atomic E-state index is 14.4. The van der Waals surface area contributed by atoms with E-state index < -0.39 is 29.0 Å². The quantitative estimate of drug-likeness (QED) is 0.0503. The maximum absolute atomic E-state index is 14.4. The van der Waals surface area contributed by atoms with Gasteiger partial charge in [0.05, 0.1) is 6.04 Å². The Bertz CT molecular complexity index is 2430. The molecule has 80 heavy (non-hydrogen) atoms. The molecule has 0 unspecified atom stereocenters. The first-order valence-corrected chi connectivity index (χ1v) is 29.9. The van der Waals surface area contributed by atoms with E-state index in [1.807, 2.05) is 111 Å². The fraction of sp³-hybridized carbons (Fsp3) is 0.552. The summed E-state index contributed by atoms with van der Waals surface area (Å²) in [6, 6.07) is 35.1. The molecule has 2 saturated heterocycles. The summed E-state index contributed by atoms with van der Waals surface area (Å²) >= 11 is 0. The van der Waals surface area contributed by atoms with Gasteiger partial charge < -0.3 is 35.6 Å². The third kappa shape index (κ3) is 18.1. The molecule has 2 fully saturated rings. The first kappa shape index (κ1) is 62.9. The van der Waals surface area contributed by atoms with E-state index >= 15 is 0 Å². The lowest BCUT2D eigenvalue weighted by atomic mass is 9.85. The number of hydrogen-bond acceptors (Lipinski definition) is 7. The van der Waals surface area contributed by atoms with Crippen LogP contribution in [0.1, 0.15) is 157 Å². The molecule has 6 amide bonds. The summed E-state index contributed by atoms with van der Waals surface area (Å²) in [4.78, 5) is 91.4. The van der Waals surface area contributed by atoms with E-state index in [1.54, 1.807) is 14.0 Å². The van der Waals surface area contributed by atoms with Gasteiger partial charge in [-0.05, 0) is 103 Å². The first-order valence-electron chi connectivity index (χ1n) is 29.9. The normalized spacial score (nSPS) is 17.1. The molecule has 4 aromatic rings. The summed E-state index contributed by atoms with van der Waals surface area (Å²) in [5.74, 6) is -0.602. The van der Waals surface area contributed by atoms with Crippen molar-refractivity contribution in [2.24, 2.45) is 16.7 Å². The Morgan fingerprint density at radius 3 is 1.25 bits per heavy atom. The van der Waals surface area contributed by atoms with E-state index in [4.69, 9.17) is 0 Å². The van der Waals surface area contributed by atoms with Crippen LogP contribution in [0.15, 0.2) is 109 Å². The smallest absolute Gasteiger partial charge is 0.246 e. The maximum Gasteiger partial charge on any atom is 0.246 e. The van der Waals surface area contributed by atoms with Gasteiger partial charge in [0.25, 0.3) is 0 Å². The largest absolute Gasteiger partial charge is 0.344 e. The minimum absolute atomic E-state index is 0.0626. The average molecular weight is 1090 g/mol. The Morgan fingerprint density at radius 2 is 0.887 bits per heavy atom. The topological polar surface area (TPSA) is 151 Å². The lowest BCUT2D eigenvalue weighted by Crippen LogP contribution is -2.59. The van der Waals surface area contributed by atoms with Gasteiger partial charge in [-0.15, -0.1) is 0 Å². The highest BCUT2D eigenvalue weighted by Gasteiger charge is 2.42. The van der Waals surface area contributed by atoms with Crippen molar-refractivity contribution >= 4 is 35.4 Å². The minimum atomic E-state index is -0.718. The molecule has 0 radical (unpaired) electrons. The van der Waals surface area contributed by atoms with Crippen LogP contribution in [-0.2, 0) is 41.9 Å². The zero-order valence-corrected chi connectivity index (χ0v) is 50.0. The summed E-state index contributed by atoms with van der Waals surface area (Å²) in [7, 11) is 1.73. The lowest BCUT2D eigenvalue weighted by Gasteiger charge is -2.37. The van der Waals surface area contributed by atoms with Crippen LogP contribution in [0.5, 0.6) is 0 Å². The van der Waals surface area contributed by atoms with Crippen molar-refractivity contribution in [3.05, 3.63) is 120 Å². The molecule has 13 nitrogen and oxygen atoms in total. The van der Waals surface area contributed by atoms with Gasteiger partial charge in [-0.2, -0.15) is 0 Å². The van der Waals surface area contributed by atoms with Gasteiger partial charge >= 0.3 is 0 Å². The Balaban J connectivity index is 1.06. The average Bonchev–Trinajstić information content (AvgIpc) is 4.14. The molecule has 2 aliphatic heterocycles. The molecule has 4 aromatic carbocycles. The van der Waals surface area contributed by atoms with Crippen LogP contribution in [0.4, 0.5) is 0 Å². The number of nitrogens with zero attached hydrogens (tertiary/aromatic N) is 4. The van der Waals surface area contributed by atoms with Crippen LogP contribution in [0.3, 0.4) is 0 Å². The van der Waals surface area contributed by atoms with Crippen LogP contribution in [0.2, 0.25) is 0 Å². The Hall–Kier alpha value is -6.34. The number of likely N-dealkylation sites (N-methyl/N-ethyl adjacent to an activating group) is 1. The van der Waals surface area contributed by atoms with Crippen molar-refractivity contribution in [2.45, 2.75) is 189 Å². The van der Waals surface area contributed by atoms with Gasteiger partial charge in [-0.25, -0.2) is 0 Å². The molecule has 0 saturated carbocycles. The van der Waals surface area contributed by atoms with Crippen molar-refractivity contribution in [3.8, 4) is 22.3 Å². The Kier molecular flexibility index (Phi) is 23.5. The highest BCUT2D eigenvalue weighted by Crippen LogP contribution is 2.30. The van der Waals surface area contributed by atoms with Crippen LogP contribution in [0, 0.1) is 16.7 Å².